The third-order valence-electron chi connectivity index (χ3n) is 2.12. The number of carbonyl (C=O) groups is 1. The van der Waals surface area contributed by atoms with Crippen molar-refractivity contribution < 1.29 is 13.9 Å². The Morgan fingerprint density at radius 1 is 1.62 bits per heavy atom. The fourth-order valence-electron chi connectivity index (χ4n) is 1.28. The molecule has 0 aliphatic carbocycles. The van der Waals surface area contributed by atoms with Crippen LogP contribution in [0.4, 0.5) is 10.1 Å². The minimum absolute atomic E-state index is 0.0794. The van der Waals surface area contributed by atoms with Crippen molar-refractivity contribution in [2.45, 2.75) is 12.5 Å². The average Bonchev–Trinajstić information content (AvgIpc) is 2.23. The van der Waals surface area contributed by atoms with Crippen LogP contribution in [-0.4, -0.2) is 19.1 Å². The highest BCUT2D eigenvalue weighted by Gasteiger charge is 2.17. The molecule has 0 unspecified atom stereocenters. The fourth-order valence-corrected chi connectivity index (χ4v) is 1.50. The summed E-state index contributed by atoms with van der Waals surface area (Å²) >= 11 is 5.69. The molecule has 0 radical (unpaired) electrons. The summed E-state index contributed by atoms with van der Waals surface area (Å²) < 4.78 is 17.5. The SMILES string of the molecule is COC(=O)[C@H](N)Cc1cc(F)cc(Cl)c1N. The first-order valence-corrected chi connectivity index (χ1v) is 4.90. The number of hydrogen-bond acceptors (Lipinski definition) is 4. The molecule has 1 atom stereocenters. The molecule has 6 heteroatoms. The van der Waals surface area contributed by atoms with Crippen molar-refractivity contribution in [2.75, 3.05) is 12.8 Å². The molecule has 0 aliphatic rings. The first-order chi connectivity index (χ1) is 7.45. The minimum Gasteiger partial charge on any atom is -0.468 e. The van der Waals surface area contributed by atoms with E-state index < -0.39 is 17.8 Å². The van der Waals surface area contributed by atoms with Crippen LogP contribution in [0.3, 0.4) is 0 Å². The highest BCUT2D eigenvalue weighted by molar-refractivity contribution is 6.33. The zero-order valence-electron chi connectivity index (χ0n) is 8.67. The zero-order chi connectivity index (χ0) is 12.3. The second-order valence-corrected chi connectivity index (χ2v) is 3.70. The van der Waals surface area contributed by atoms with E-state index >= 15 is 0 Å². The zero-order valence-corrected chi connectivity index (χ0v) is 9.42. The summed E-state index contributed by atoms with van der Waals surface area (Å²) in [4.78, 5) is 11.1. The van der Waals surface area contributed by atoms with Crippen LogP contribution >= 0.6 is 11.6 Å². The van der Waals surface area contributed by atoms with Crippen molar-refractivity contribution in [2.24, 2.45) is 5.73 Å². The molecule has 0 aliphatic heterocycles. The Labute approximate surface area is 97.3 Å². The minimum atomic E-state index is -0.884. The van der Waals surface area contributed by atoms with E-state index in [1.54, 1.807) is 0 Å². The molecule has 0 amide bonds. The molecular weight excluding hydrogens is 235 g/mol. The van der Waals surface area contributed by atoms with Gasteiger partial charge in [-0.3, -0.25) is 4.79 Å². The van der Waals surface area contributed by atoms with Crippen LogP contribution < -0.4 is 11.5 Å². The molecule has 0 heterocycles. The number of ether oxygens (including phenoxy) is 1. The third-order valence-corrected chi connectivity index (χ3v) is 2.44. The number of halogens is 2. The number of rotatable bonds is 3. The van der Waals surface area contributed by atoms with Gasteiger partial charge in [-0.15, -0.1) is 0 Å². The van der Waals surface area contributed by atoms with Crippen LogP contribution in [0.1, 0.15) is 5.56 Å². The average molecular weight is 247 g/mol. The lowest BCUT2D eigenvalue weighted by atomic mass is 10.0. The van der Waals surface area contributed by atoms with Gasteiger partial charge < -0.3 is 16.2 Å². The van der Waals surface area contributed by atoms with Crippen LogP contribution in [0, 0.1) is 5.82 Å². The van der Waals surface area contributed by atoms with Crippen LogP contribution in [0.25, 0.3) is 0 Å². The van der Waals surface area contributed by atoms with Crippen molar-refractivity contribution >= 4 is 23.3 Å². The summed E-state index contributed by atoms with van der Waals surface area (Å²) in [5.41, 5.74) is 11.8. The molecule has 4 nitrogen and oxygen atoms in total. The molecule has 0 saturated carbocycles. The van der Waals surface area contributed by atoms with E-state index in [-0.39, 0.29) is 17.1 Å². The number of nitrogen functional groups attached to an aromatic ring is 1. The van der Waals surface area contributed by atoms with Gasteiger partial charge in [0.2, 0.25) is 0 Å². The molecule has 1 aromatic carbocycles. The molecule has 1 aromatic rings. The number of hydrogen-bond donors (Lipinski definition) is 2. The maximum absolute atomic E-state index is 13.0. The Hall–Kier alpha value is -1.33. The normalized spacial score (nSPS) is 12.2. The summed E-state index contributed by atoms with van der Waals surface area (Å²) in [5.74, 6) is -1.11. The summed E-state index contributed by atoms with van der Waals surface area (Å²) in [6.45, 7) is 0. The Morgan fingerprint density at radius 3 is 2.81 bits per heavy atom. The van der Waals surface area contributed by atoms with Crippen molar-refractivity contribution in [1.29, 1.82) is 0 Å². The van der Waals surface area contributed by atoms with E-state index in [1.165, 1.54) is 13.2 Å². The fraction of sp³-hybridized carbons (Fsp3) is 0.300. The molecule has 88 valence electrons. The molecule has 4 N–H and O–H groups in total. The van der Waals surface area contributed by atoms with Gasteiger partial charge in [-0.1, -0.05) is 11.6 Å². The van der Waals surface area contributed by atoms with E-state index in [2.05, 4.69) is 4.74 Å². The van der Waals surface area contributed by atoms with Crippen molar-refractivity contribution in [3.8, 4) is 0 Å². The number of nitrogens with two attached hydrogens (primary N) is 2. The van der Waals surface area contributed by atoms with E-state index in [4.69, 9.17) is 23.1 Å². The molecule has 0 fully saturated rings. The van der Waals surface area contributed by atoms with Gasteiger partial charge in [0.1, 0.15) is 11.9 Å². The van der Waals surface area contributed by atoms with E-state index in [0.29, 0.717) is 5.56 Å². The topological polar surface area (TPSA) is 78.3 Å². The highest BCUT2D eigenvalue weighted by atomic mass is 35.5. The lowest BCUT2D eigenvalue weighted by Crippen LogP contribution is -2.33. The quantitative estimate of drug-likeness (QED) is 0.619. The number of esters is 1. The smallest absolute Gasteiger partial charge is 0.322 e. The van der Waals surface area contributed by atoms with E-state index in [0.717, 1.165) is 6.07 Å². The third kappa shape index (κ3) is 2.84. The lowest BCUT2D eigenvalue weighted by molar-refractivity contribution is -0.142. The Bertz CT molecular complexity index is 412. The monoisotopic (exact) mass is 246 g/mol. The van der Waals surface area contributed by atoms with Crippen molar-refractivity contribution in [1.82, 2.24) is 0 Å². The lowest BCUT2D eigenvalue weighted by Gasteiger charge is -2.12. The number of methoxy groups -OCH3 is 1. The maximum Gasteiger partial charge on any atom is 0.322 e. The molecular formula is C10H12ClFN2O2. The second-order valence-electron chi connectivity index (χ2n) is 3.29. The van der Waals surface area contributed by atoms with E-state index in [1.807, 2.05) is 0 Å². The van der Waals surface area contributed by atoms with Gasteiger partial charge in [0.25, 0.3) is 0 Å². The Kier molecular flexibility index (Phi) is 4.09. The van der Waals surface area contributed by atoms with Crippen LogP contribution in [0.2, 0.25) is 5.02 Å². The number of benzene rings is 1. The standard InChI is InChI=1S/C10H12ClFN2O2/c1-16-10(15)8(13)3-5-2-6(12)4-7(11)9(5)14/h2,4,8H,3,13-14H2,1H3/t8-/m1/s1. The van der Waals surface area contributed by atoms with Crippen LogP contribution in [0.15, 0.2) is 12.1 Å². The maximum atomic E-state index is 13.0. The summed E-state index contributed by atoms with van der Waals surface area (Å²) in [6.07, 6.45) is 0.0794. The van der Waals surface area contributed by atoms with Gasteiger partial charge in [-0.25, -0.2) is 4.39 Å². The van der Waals surface area contributed by atoms with Crippen LogP contribution in [-0.2, 0) is 16.0 Å². The van der Waals surface area contributed by atoms with Crippen molar-refractivity contribution in [3.05, 3.63) is 28.5 Å². The molecule has 16 heavy (non-hydrogen) atoms. The molecule has 0 saturated heterocycles. The Balaban J connectivity index is 2.93. The highest BCUT2D eigenvalue weighted by Crippen LogP contribution is 2.25. The predicted octanol–water partition coefficient (Wildman–Crippen LogP) is 1.10. The van der Waals surface area contributed by atoms with Gasteiger partial charge in [0.05, 0.1) is 17.8 Å². The summed E-state index contributed by atoms with van der Waals surface area (Å²) in [6, 6.07) is 1.42. The molecule has 1 rings (SSSR count). The molecule has 0 spiro atoms. The van der Waals surface area contributed by atoms with Gasteiger partial charge in [-0.05, 0) is 17.7 Å². The van der Waals surface area contributed by atoms with E-state index in [9.17, 15) is 9.18 Å². The largest absolute Gasteiger partial charge is 0.468 e. The van der Waals surface area contributed by atoms with Gasteiger partial charge >= 0.3 is 5.97 Å². The summed E-state index contributed by atoms with van der Waals surface area (Å²) in [5, 5.41) is 0.104. The number of anilines is 1. The van der Waals surface area contributed by atoms with Crippen molar-refractivity contribution in [3.63, 3.8) is 0 Å². The first-order valence-electron chi connectivity index (χ1n) is 4.52. The predicted molar refractivity (Wildman–Crippen MR) is 59.5 cm³/mol. The second kappa shape index (κ2) is 5.14. The first kappa shape index (κ1) is 12.7. The summed E-state index contributed by atoms with van der Waals surface area (Å²) in [7, 11) is 1.23. The van der Waals surface area contributed by atoms with Gasteiger partial charge in [0, 0.05) is 6.42 Å². The number of carbonyl (C=O) groups excluding carboxylic acids is 1. The van der Waals surface area contributed by atoms with Crippen LogP contribution in [0.5, 0.6) is 0 Å². The molecule has 0 bridgehead atoms. The van der Waals surface area contributed by atoms with Gasteiger partial charge in [-0.2, -0.15) is 0 Å². The molecule has 0 aromatic heterocycles. The Morgan fingerprint density at radius 2 is 2.25 bits per heavy atom. The van der Waals surface area contributed by atoms with Gasteiger partial charge in [0.15, 0.2) is 0 Å².